The van der Waals surface area contributed by atoms with Crippen molar-refractivity contribution in [3.05, 3.63) is 58.9 Å². The van der Waals surface area contributed by atoms with Gasteiger partial charge in [-0.2, -0.15) is 0 Å². The van der Waals surface area contributed by atoms with E-state index in [1.54, 1.807) is 24.3 Å². The lowest BCUT2D eigenvalue weighted by Gasteiger charge is -2.13. The Labute approximate surface area is 200 Å². The third-order valence-corrected chi connectivity index (χ3v) is 6.00. The molecular formula is C24H24N4O5S. The Balaban J connectivity index is 1.47. The summed E-state index contributed by atoms with van der Waals surface area (Å²) in [7, 11) is 1.53. The lowest BCUT2D eigenvalue weighted by atomic mass is 10.1. The van der Waals surface area contributed by atoms with Crippen molar-refractivity contribution in [3.8, 4) is 23.1 Å². The molecule has 0 saturated heterocycles. The third kappa shape index (κ3) is 5.41. The number of aryl methyl sites for hydroxylation is 2. The first-order chi connectivity index (χ1) is 16.5. The quantitative estimate of drug-likeness (QED) is 0.369. The van der Waals surface area contributed by atoms with Gasteiger partial charge in [-0.3, -0.25) is 4.79 Å². The minimum Gasteiger partial charge on any atom is -0.493 e. The highest BCUT2D eigenvalue weighted by atomic mass is 32.1. The molecule has 34 heavy (non-hydrogen) atoms. The zero-order valence-electron chi connectivity index (χ0n) is 19.0. The number of anilines is 1. The number of carbonyl (C=O) groups is 1. The summed E-state index contributed by atoms with van der Waals surface area (Å²) in [6.45, 7) is 3.93. The number of hydrogen-bond acceptors (Lipinski definition) is 9. The molecule has 0 radical (unpaired) electrons. The Bertz CT molecular complexity index is 1290. The third-order valence-electron chi connectivity index (χ3n) is 5.01. The van der Waals surface area contributed by atoms with Crippen molar-refractivity contribution in [2.24, 2.45) is 0 Å². The number of aromatic nitrogens is 3. The van der Waals surface area contributed by atoms with Crippen molar-refractivity contribution in [2.75, 3.05) is 25.6 Å². The Morgan fingerprint density at radius 1 is 1.12 bits per heavy atom. The van der Waals surface area contributed by atoms with Crippen molar-refractivity contribution in [2.45, 2.75) is 20.3 Å². The van der Waals surface area contributed by atoms with E-state index in [1.807, 2.05) is 26.0 Å². The van der Waals surface area contributed by atoms with Gasteiger partial charge in [0.1, 0.15) is 18.7 Å². The summed E-state index contributed by atoms with van der Waals surface area (Å²) in [6.07, 6.45) is 1.63. The summed E-state index contributed by atoms with van der Waals surface area (Å²) in [5, 5.41) is 13.1. The van der Waals surface area contributed by atoms with E-state index in [-0.39, 0.29) is 25.5 Å². The van der Waals surface area contributed by atoms with Gasteiger partial charge in [0.05, 0.1) is 36.7 Å². The number of nitrogens with zero attached hydrogens (tertiary/aromatic N) is 3. The minimum atomic E-state index is -0.129. The molecule has 4 rings (SSSR count). The summed E-state index contributed by atoms with van der Waals surface area (Å²) in [6, 6.07) is 10.7. The zero-order chi connectivity index (χ0) is 24.1. The second-order valence-electron chi connectivity index (χ2n) is 7.40. The van der Waals surface area contributed by atoms with Gasteiger partial charge >= 0.3 is 0 Å². The van der Waals surface area contributed by atoms with Gasteiger partial charge in [0.2, 0.25) is 11.8 Å². The summed E-state index contributed by atoms with van der Waals surface area (Å²) in [5.41, 5.74) is 2.38. The molecule has 4 aromatic rings. The largest absolute Gasteiger partial charge is 0.493 e. The van der Waals surface area contributed by atoms with E-state index < -0.39 is 0 Å². The molecule has 176 valence electrons. The van der Waals surface area contributed by atoms with Crippen LogP contribution in [0, 0.1) is 13.8 Å². The van der Waals surface area contributed by atoms with Crippen LogP contribution in [0.1, 0.15) is 16.1 Å². The van der Waals surface area contributed by atoms with Gasteiger partial charge in [-0.1, -0.05) is 12.1 Å². The first-order valence-corrected chi connectivity index (χ1v) is 11.4. The van der Waals surface area contributed by atoms with E-state index in [0.717, 1.165) is 16.1 Å². The average Bonchev–Trinajstić information content (AvgIpc) is 3.14. The van der Waals surface area contributed by atoms with Gasteiger partial charge in [-0.25, -0.2) is 15.0 Å². The van der Waals surface area contributed by atoms with Crippen LogP contribution in [-0.4, -0.2) is 46.3 Å². The van der Waals surface area contributed by atoms with Crippen LogP contribution in [0.2, 0.25) is 0 Å². The summed E-state index contributed by atoms with van der Waals surface area (Å²) in [4.78, 5) is 26.3. The molecule has 0 aliphatic rings. The second-order valence-corrected chi connectivity index (χ2v) is 8.61. The number of nitrogens with one attached hydrogen (secondary N) is 1. The smallest absolute Gasteiger partial charge is 0.230 e. The Kier molecular flexibility index (Phi) is 7.19. The fraction of sp³-hybridized carbons (Fsp3) is 0.250. The zero-order valence-corrected chi connectivity index (χ0v) is 19.8. The van der Waals surface area contributed by atoms with Crippen LogP contribution in [0.5, 0.6) is 23.1 Å². The number of amides is 1. The van der Waals surface area contributed by atoms with Crippen LogP contribution in [-0.2, 0) is 11.2 Å². The molecule has 0 aliphatic carbocycles. The number of hydrogen-bond donors (Lipinski definition) is 2. The molecule has 9 nitrogen and oxygen atoms in total. The van der Waals surface area contributed by atoms with E-state index in [9.17, 15) is 4.79 Å². The number of fused-ring (bicyclic) bond motifs is 1. The van der Waals surface area contributed by atoms with Gasteiger partial charge in [0, 0.05) is 10.9 Å². The standard InChI is InChI=1S/C24H24N4O5S/c1-14-15(2)34-24(27-14)28-22(30)10-16-4-6-17(7-5-16)33-23-18-11-20(31-3)21(32-9-8-29)12-19(18)25-13-26-23/h4-7,11-13,29H,8-10H2,1-3H3,(H,27,28,30). The predicted octanol–water partition coefficient (Wildman–Crippen LogP) is 4.06. The van der Waals surface area contributed by atoms with Crippen molar-refractivity contribution >= 4 is 33.3 Å². The predicted molar refractivity (Wildman–Crippen MR) is 129 cm³/mol. The maximum Gasteiger partial charge on any atom is 0.230 e. The number of aliphatic hydroxyl groups is 1. The number of methoxy groups -OCH3 is 1. The van der Waals surface area contributed by atoms with Crippen molar-refractivity contribution in [1.29, 1.82) is 0 Å². The fourth-order valence-corrected chi connectivity index (χ4v) is 4.04. The molecule has 0 fully saturated rings. The van der Waals surface area contributed by atoms with Crippen LogP contribution in [0.25, 0.3) is 10.9 Å². The highest BCUT2D eigenvalue weighted by Gasteiger charge is 2.14. The molecule has 2 N–H and O–H groups in total. The topological polar surface area (TPSA) is 116 Å². The van der Waals surface area contributed by atoms with Crippen LogP contribution in [0.15, 0.2) is 42.7 Å². The normalized spacial score (nSPS) is 10.8. The highest BCUT2D eigenvalue weighted by Crippen LogP contribution is 2.36. The van der Waals surface area contributed by atoms with Crippen LogP contribution < -0.4 is 19.5 Å². The van der Waals surface area contributed by atoms with Gasteiger partial charge in [-0.05, 0) is 37.6 Å². The van der Waals surface area contributed by atoms with Crippen LogP contribution >= 0.6 is 11.3 Å². The molecule has 0 atom stereocenters. The Hall–Kier alpha value is -3.76. The second kappa shape index (κ2) is 10.4. The molecule has 2 aromatic heterocycles. The molecule has 2 heterocycles. The first kappa shape index (κ1) is 23.4. The molecule has 0 spiro atoms. The molecule has 0 saturated carbocycles. The maximum absolute atomic E-state index is 12.3. The van der Waals surface area contributed by atoms with Gasteiger partial charge in [-0.15, -0.1) is 11.3 Å². The van der Waals surface area contributed by atoms with Crippen LogP contribution in [0.3, 0.4) is 0 Å². The summed E-state index contributed by atoms with van der Waals surface area (Å²) < 4.78 is 16.9. The molecule has 2 aromatic carbocycles. The van der Waals surface area contributed by atoms with Crippen molar-refractivity contribution < 1.29 is 24.1 Å². The minimum absolute atomic E-state index is 0.110. The number of thiazole rings is 1. The van der Waals surface area contributed by atoms with E-state index in [2.05, 4.69) is 20.3 Å². The Morgan fingerprint density at radius 2 is 1.91 bits per heavy atom. The number of benzene rings is 2. The van der Waals surface area contributed by atoms with E-state index in [4.69, 9.17) is 19.3 Å². The highest BCUT2D eigenvalue weighted by molar-refractivity contribution is 7.15. The van der Waals surface area contributed by atoms with E-state index in [1.165, 1.54) is 24.8 Å². The van der Waals surface area contributed by atoms with Crippen molar-refractivity contribution in [1.82, 2.24) is 15.0 Å². The number of ether oxygens (including phenoxy) is 3. The van der Waals surface area contributed by atoms with Gasteiger partial charge < -0.3 is 24.6 Å². The molecule has 10 heteroatoms. The lowest BCUT2D eigenvalue weighted by Crippen LogP contribution is -2.14. The number of carbonyl (C=O) groups excluding carboxylic acids is 1. The summed E-state index contributed by atoms with van der Waals surface area (Å²) >= 11 is 1.46. The van der Waals surface area contributed by atoms with Gasteiger partial charge in [0.25, 0.3) is 0 Å². The number of rotatable bonds is 9. The van der Waals surface area contributed by atoms with Crippen LogP contribution in [0.4, 0.5) is 5.13 Å². The average molecular weight is 481 g/mol. The summed E-state index contributed by atoms with van der Waals surface area (Å²) in [5.74, 6) is 1.74. The Morgan fingerprint density at radius 3 is 2.59 bits per heavy atom. The van der Waals surface area contributed by atoms with Gasteiger partial charge in [0.15, 0.2) is 16.6 Å². The first-order valence-electron chi connectivity index (χ1n) is 10.5. The number of aliphatic hydroxyl groups excluding tert-OH is 1. The SMILES string of the molecule is COc1cc2c(Oc3ccc(CC(=O)Nc4nc(C)c(C)s4)cc3)ncnc2cc1OCCO. The van der Waals surface area contributed by atoms with E-state index in [0.29, 0.717) is 39.2 Å². The molecule has 0 aliphatic heterocycles. The van der Waals surface area contributed by atoms with E-state index >= 15 is 0 Å². The molecular weight excluding hydrogens is 456 g/mol. The molecule has 0 bridgehead atoms. The maximum atomic E-state index is 12.3. The lowest BCUT2D eigenvalue weighted by molar-refractivity contribution is -0.115. The molecule has 1 amide bonds. The fourth-order valence-electron chi connectivity index (χ4n) is 3.21. The molecule has 0 unspecified atom stereocenters. The monoisotopic (exact) mass is 480 g/mol. The van der Waals surface area contributed by atoms with Crippen molar-refractivity contribution in [3.63, 3.8) is 0 Å².